The highest BCUT2D eigenvalue weighted by Crippen LogP contribution is 2.41. The fraction of sp³-hybridized carbons (Fsp3) is 0.250. The number of fused-ring (bicyclic) bond motifs is 1. The van der Waals surface area contributed by atoms with Crippen molar-refractivity contribution in [2.45, 2.75) is 32.7 Å². The molecule has 0 saturated carbocycles. The van der Waals surface area contributed by atoms with Crippen LogP contribution in [0.15, 0.2) is 67.5 Å². The van der Waals surface area contributed by atoms with Crippen LogP contribution >= 0.6 is 0 Å². The molecular formula is C28H29N5O2. The van der Waals surface area contributed by atoms with E-state index >= 15 is 0 Å². The number of amides is 1. The van der Waals surface area contributed by atoms with Gasteiger partial charge in [-0.1, -0.05) is 30.8 Å². The standard InChI is InChI=1S/C28H29N5O2/c1-4-24(34)32-14-8-9-20(16-32)33-19(3)25(26-27(29)30-17-31-28(26)33)23-13-12-22(15-18(23)2)35-21-10-6-5-7-11-21/h4-7,10-13,15,17,20H,1,8-9,14,16H2,2-3H3,(H2,29,30,31). The molecule has 5 rings (SSSR count). The summed E-state index contributed by atoms with van der Waals surface area (Å²) in [6.45, 7) is 9.17. The number of nitrogens with zero attached hydrogens (tertiary/aromatic N) is 4. The monoisotopic (exact) mass is 467 g/mol. The van der Waals surface area contributed by atoms with Crippen molar-refractivity contribution in [2.75, 3.05) is 18.8 Å². The number of likely N-dealkylation sites (tertiary alicyclic amines) is 1. The lowest BCUT2D eigenvalue weighted by Gasteiger charge is -2.34. The lowest BCUT2D eigenvalue weighted by atomic mass is 9.98. The van der Waals surface area contributed by atoms with Crippen LogP contribution in [0, 0.1) is 13.8 Å². The van der Waals surface area contributed by atoms with E-state index in [1.165, 1.54) is 12.4 Å². The van der Waals surface area contributed by atoms with Crippen molar-refractivity contribution in [2.24, 2.45) is 0 Å². The molecule has 2 aromatic heterocycles. The van der Waals surface area contributed by atoms with E-state index in [2.05, 4.69) is 41.0 Å². The van der Waals surface area contributed by atoms with Gasteiger partial charge in [0, 0.05) is 24.3 Å². The normalized spacial score (nSPS) is 15.8. The van der Waals surface area contributed by atoms with E-state index in [1.807, 2.05) is 47.4 Å². The molecule has 1 unspecified atom stereocenters. The first kappa shape index (κ1) is 22.7. The second-order valence-electron chi connectivity index (χ2n) is 8.96. The average molecular weight is 468 g/mol. The van der Waals surface area contributed by atoms with Crippen LogP contribution < -0.4 is 10.5 Å². The van der Waals surface area contributed by atoms with Crippen LogP contribution in [-0.2, 0) is 4.79 Å². The van der Waals surface area contributed by atoms with Crippen molar-refractivity contribution in [1.29, 1.82) is 0 Å². The Morgan fingerprint density at radius 3 is 2.69 bits per heavy atom. The SMILES string of the molecule is C=CC(=O)N1CCCC(n2c(C)c(-c3ccc(Oc4ccccc4)cc3C)c3c(N)ncnc32)C1. The third-order valence-corrected chi connectivity index (χ3v) is 6.75. The van der Waals surface area contributed by atoms with Crippen molar-refractivity contribution in [1.82, 2.24) is 19.4 Å². The maximum Gasteiger partial charge on any atom is 0.246 e. The average Bonchev–Trinajstić information content (AvgIpc) is 3.17. The van der Waals surface area contributed by atoms with E-state index in [4.69, 9.17) is 10.5 Å². The van der Waals surface area contributed by atoms with Gasteiger partial charge in [0.15, 0.2) is 0 Å². The van der Waals surface area contributed by atoms with E-state index in [1.54, 1.807) is 0 Å². The molecule has 1 amide bonds. The van der Waals surface area contributed by atoms with Crippen molar-refractivity contribution in [3.63, 3.8) is 0 Å². The minimum absolute atomic E-state index is 0.0389. The molecule has 0 bridgehead atoms. The number of carbonyl (C=O) groups excluding carboxylic acids is 1. The number of ether oxygens (including phenoxy) is 1. The van der Waals surface area contributed by atoms with Crippen molar-refractivity contribution < 1.29 is 9.53 Å². The topological polar surface area (TPSA) is 86.3 Å². The maximum atomic E-state index is 12.3. The molecule has 3 heterocycles. The van der Waals surface area contributed by atoms with Crippen LogP contribution in [0.25, 0.3) is 22.2 Å². The van der Waals surface area contributed by atoms with Gasteiger partial charge < -0.3 is 19.9 Å². The van der Waals surface area contributed by atoms with Crippen molar-refractivity contribution >= 4 is 22.8 Å². The molecule has 1 aliphatic heterocycles. The number of carbonyl (C=O) groups is 1. The summed E-state index contributed by atoms with van der Waals surface area (Å²) in [5, 5.41) is 0.844. The minimum atomic E-state index is -0.0389. The number of nitrogen functional groups attached to an aromatic ring is 1. The molecule has 1 fully saturated rings. The molecule has 1 saturated heterocycles. The smallest absolute Gasteiger partial charge is 0.246 e. The molecule has 2 N–H and O–H groups in total. The van der Waals surface area contributed by atoms with Crippen molar-refractivity contribution in [3.05, 3.63) is 78.8 Å². The van der Waals surface area contributed by atoms with Gasteiger partial charge in [-0.15, -0.1) is 0 Å². The fourth-order valence-electron chi connectivity index (χ4n) is 5.15. The Morgan fingerprint density at radius 2 is 1.94 bits per heavy atom. The summed E-state index contributed by atoms with van der Waals surface area (Å²) in [5.74, 6) is 1.98. The molecule has 0 aliphatic carbocycles. The Bertz CT molecular complexity index is 1410. The van der Waals surface area contributed by atoms with Crippen LogP contribution in [0.3, 0.4) is 0 Å². The molecule has 4 aromatic rings. The Kier molecular flexibility index (Phi) is 5.99. The van der Waals surface area contributed by atoms with Crippen LogP contribution in [0.2, 0.25) is 0 Å². The molecule has 35 heavy (non-hydrogen) atoms. The summed E-state index contributed by atoms with van der Waals surface area (Å²) >= 11 is 0. The highest BCUT2D eigenvalue weighted by molar-refractivity contribution is 6.03. The highest BCUT2D eigenvalue weighted by atomic mass is 16.5. The van der Waals surface area contributed by atoms with Gasteiger partial charge in [-0.05, 0) is 68.2 Å². The lowest BCUT2D eigenvalue weighted by Crippen LogP contribution is -2.40. The molecule has 7 heteroatoms. The zero-order chi connectivity index (χ0) is 24.5. The number of piperidine rings is 1. The van der Waals surface area contributed by atoms with Crippen LogP contribution in [0.5, 0.6) is 11.5 Å². The molecule has 178 valence electrons. The Balaban J connectivity index is 1.59. The number of nitrogens with two attached hydrogens (primary N) is 1. The molecule has 0 spiro atoms. The first-order valence-electron chi connectivity index (χ1n) is 11.8. The zero-order valence-electron chi connectivity index (χ0n) is 20.1. The largest absolute Gasteiger partial charge is 0.457 e. The highest BCUT2D eigenvalue weighted by Gasteiger charge is 2.29. The zero-order valence-corrected chi connectivity index (χ0v) is 20.1. The number of para-hydroxylation sites is 1. The molecule has 1 atom stereocenters. The summed E-state index contributed by atoms with van der Waals surface area (Å²) in [6.07, 6.45) is 4.77. The van der Waals surface area contributed by atoms with Crippen molar-refractivity contribution in [3.8, 4) is 22.6 Å². The Hall–Kier alpha value is -4.13. The van der Waals surface area contributed by atoms with Gasteiger partial charge >= 0.3 is 0 Å². The van der Waals surface area contributed by atoms with E-state index in [0.717, 1.165) is 64.3 Å². The minimum Gasteiger partial charge on any atom is -0.457 e. The van der Waals surface area contributed by atoms with E-state index < -0.39 is 0 Å². The third kappa shape index (κ3) is 4.14. The van der Waals surface area contributed by atoms with Gasteiger partial charge in [0.25, 0.3) is 0 Å². The van der Waals surface area contributed by atoms with E-state index in [0.29, 0.717) is 12.4 Å². The van der Waals surface area contributed by atoms with E-state index in [9.17, 15) is 4.79 Å². The Morgan fingerprint density at radius 1 is 1.14 bits per heavy atom. The first-order valence-corrected chi connectivity index (χ1v) is 11.8. The third-order valence-electron chi connectivity index (χ3n) is 6.75. The summed E-state index contributed by atoms with van der Waals surface area (Å²) in [7, 11) is 0. The fourth-order valence-corrected chi connectivity index (χ4v) is 5.15. The number of anilines is 1. The number of hydrogen-bond acceptors (Lipinski definition) is 5. The molecule has 7 nitrogen and oxygen atoms in total. The molecule has 0 radical (unpaired) electrons. The number of benzene rings is 2. The van der Waals surface area contributed by atoms with Crippen LogP contribution in [0.4, 0.5) is 5.82 Å². The van der Waals surface area contributed by atoms with Gasteiger partial charge in [-0.25, -0.2) is 9.97 Å². The van der Waals surface area contributed by atoms with Crippen LogP contribution in [0.1, 0.15) is 30.1 Å². The van der Waals surface area contributed by atoms with Crippen LogP contribution in [-0.4, -0.2) is 38.4 Å². The van der Waals surface area contributed by atoms with Gasteiger partial charge in [0.05, 0.1) is 11.4 Å². The second-order valence-corrected chi connectivity index (χ2v) is 8.96. The quantitative estimate of drug-likeness (QED) is 0.395. The predicted octanol–water partition coefficient (Wildman–Crippen LogP) is 5.44. The number of rotatable bonds is 5. The van der Waals surface area contributed by atoms with Gasteiger partial charge in [-0.3, -0.25) is 4.79 Å². The summed E-state index contributed by atoms with van der Waals surface area (Å²) in [6, 6.07) is 15.9. The molecule has 2 aromatic carbocycles. The molecule has 1 aliphatic rings. The maximum absolute atomic E-state index is 12.3. The lowest BCUT2D eigenvalue weighted by molar-refractivity contribution is -0.127. The Labute approximate surface area is 204 Å². The number of hydrogen-bond donors (Lipinski definition) is 1. The van der Waals surface area contributed by atoms with Gasteiger partial charge in [0.2, 0.25) is 5.91 Å². The van der Waals surface area contributed by atoms with Gasteiger partial charge in [0.1, 0.15) is 29.3 Å². The second kappa shape index (κ2) is 9.25. The first-order chi connectivity index (χ1) is 17.0. The summed E-state index contributed by atoms with van der Waals surface area (Å²) in [4.78, 5) is 23.1. The van der Waals surface area contributed by atoms with E-state index in [-0.39, 0.29) is 11.9 Å². The van der Waals surface area contributed by atoms with Gasteiger partial charge in [-0.2, -0.15) is 0 Å². The molecular weight excluding hydrogens is 438 g/mol. The summed E-state index contributed by atoms with van der Waals surface area (Å²) < 4.78 is 8.27. The predicted molar refractivity (Wildman–Crippen MR) is 138 cm³/mol. The summed E-state index contributed by atoms with van der Waals surface area (Å²) in [5.41, 5.74) is 11.4. The number of aromatic nitrogens is 3. The number of aryl methyl sites for hydroxylation is 1.